The molecule has 0 amide bonds. The number of rotatable bonds is 6. The van der Waals surface area contributed by atoms with Crippen LogP contribution in [0.2, 0.25) is 0 Å². The topological polar surface area (TPSA) is 29.3 Å². The summed E-state index contributed by atoms with van der Waals surface area (Å²) in [5.41, 5.74) is 10.1. The molecule has 0 saturated heterocycles. The standard InChI is InChI=1S/C18H24N2/c1-3-17(19)16-12-8-9-13-18(16)20(4-2)14-15-10-6-5-7-11-15/h5-13,17H,3-4,14,19H2,1-2H3. The van der Waals surface area contributed by atoms with Gasteiger partial charge in [-0.25, -0.2) is 0 Å². The number of para-hydroxylation sites is 1. The Bertz CT molecular complexity index is 522. The monoisotopic (exact) mass is 268 g/mol. The molecule has 0 spiro atoms. The van der Waals surface area contributed by atoms with Crippen LogP contribution in [0.15, 0.2) is 54.6 Å². The molecule has 0 radical (unpaired) electrons. The number of hydrogen-bond acceptors (Lipinski definition) is 2. The van der Waals surface area contributed by atoms with Gasteiger partial charge in [0.05, 0.1) is 0 Å². The third kappa shape index (κ3) is 3.40. The van der Waals surface area contributed by atoms with Crippen molar-refractivity contribution < 1.29 is 0 Å². The molecule has 0 aliphatic carbocycles. The minimum absolute atomic E-state index is 0.107. The first-order chi connectivity index (χ1) is 9.76. The Morgan fingerprint density at radius 2 is 1.60 bits per heavy atom. The van der Waals surface area contributed by atoms with Crippen molar-refractivity contribution in [2.75, 3.05) is 11.4 Å². The first-order valence-electron chi connectivity index (χ1n) is 7.39. The van der Waals surface area contributed by atoms with Crippen LogP contribution in [-0.2, 0) is 6.54 Å². The molecule has 2 rings (SSSR count). The van der Waals surface area contributed by atoms with Gasteiger partial charge in [0.1, 0.15) is 0 Å². The molecule has 0 bridgehead atoms. The third-order valence-corrected chi connectivity index (χ3v) is 3.71. The van der Waals surface area contributed by atoms with Crippen molar-refractivity contribution in [1.82, 2.24) is 0 Å². The summed E-state index contributed by atoms with van der Waals surface area (Å²) in [7, 11) is 0. The normalized spacial score (nSPS) is 12.2. The highest BCUT2D eigenvalue weighted by Crippen LogP contribution is 2.27. The van der Waals surface area contributed by atoms with Crippen LogP contribution in [0.5, 0.6) is 0 Å². The van der Waals surface area contributed by atoms with Crippen molar-refractivity contribution in [3.8, 4) is 0 Å². The maximum absolute atomic E-state index is 6.25. The van der Waals surface area contributed by atoms with Crippen LogP contribution < -0.4 is 10.6 Å². The van der Waals surface area contributed by atoms with E-state index < -0.39 is 0 Å². The lowest BCUT2D eigenvalue weighted by Crippen LogP contribution is -2.25. The average Bonchev–Trinajstić information content (AvgIpc) is 2.53. The SMILES string of the molecule is CCC(N)c1ccccc1N(CC)Cc1ccccc1. The Kier molecular flexibility index (Phi) is 5.19. The first-order valence-corrected chi connectivity index (χ1v) is 7.39. The molecule has 0 aromatic heterocycles. The summed E-state index contributed by atoms with van der Waals surface area (Å²) in [6.45, 7) is 6.22. The average molecular weight is 268 g/mol. The van der Waals surface area contributed by atoms with E-state index >= 15 is 0 Å². The molecule has 0 heterocycles. The molecular formula is C18H24N2. The van der Waals surface area contributed by atoms with E-state index in [1.807, 2.05) is 0 Å². The Hall–Kier alpha value is -1.80. The lowest BCUT2D eigenvalue weighted by Gasteiger charge is -2.27. The van der Waals surface area contributed by atoms with E-state index in [2.05, 4.69) is 73.3 Å². The lowest BCUT2D eigenvalue weighted by atomic mass is 10.0. The predicted molar refractivity (Wildman–Crippen MR) is 86.8 cm³/mol. The highest BCUT2D eigenvalue weighted by molar-refractivity contribution is 5.55. The second-order valence-electron chi connectivity index (χ2n) is 5.07. The fourth-order valence-electron chi connectivity index (χ4n) is 2.48. The molecule has 0 aliphatic heterocycles. The van der Waals surface area contributed by atoms with Crippen molar-refractivity contribution in [2.24, 2.45) is 5.73 Å². The first kappa shape index (κ1) is 14.6. The third-order valence-electron chi connectivity index (χ3n) is 3.71. The maximum Gasteiger partial charge on any atom is 0.0429 e. The zero-order valence-corrected chi connectivity index (χ0v) is 12.4. The summed E-state index contributed by atoms with van der Waals surface area (Å²) in [6.07, 6.45) is 0.958. The summed E-state index contributed by atoms with van der Waals surface area (Å²) >= 11 is 0. The number of hydrogen-bond donors (Lipinski definition) is 1. The second kappa shape index (κ2) is 7.11. The van der Waals surface area contributed by atoms with Gasteiger partial charge in [0.25, 0.3) is 0 Å². The molecule has 2 nitrogen and oxygen atoms in total. The van der Waals surface area contributed by atoms with Crippen LogP contribution >= 0.6 is 0 Å². The van der Waals surface area contributed by atoms with Gasteiger partial charge in [-0.1, -0.05) is 55.5 Å². The van der Waals surface area contributed by atoms with E-state index in [9.17, 15) is 0 Å². The van der Waals surface area contributed by atoms with Crippen LogP contribution in [0.1, 0.15) is 37.4 Å². The van der Waals surface area contributed by atoms with E-state index in [-0.39, 0.29) is 6.04 Å². The second-order valence-corrected chi connectivity index (χ2v) is 5.07. The van der Waals surface area contributed by atoms with Crippen LogP contribution in [0.3, 0.4) is 0 Å². The highest BCUT2D eigenvalue weighted by Gasteiger charge is 2.13. The van der Waals surface area contributed by atoms with E-state index in [0.29, 0.717) is 0 Å². The summed E-state index contributed by atoms with van der Waals surface area (Å²) in [5.74, 6) is 0. The number of anilines is 1. The molecular weight excluding hydrogens is 244 g/mol. The Morgan fingerprint density at radius 1 is 0.950 bits per heavy atom. The molecule has 2 N–H and O–H groups in total. The van der Waals surface area contributed by atoms with Crippen LogP contribution in [0, 0.1) is 0 Å². The minimum atomic E-state index is 0.107. The van der Waals surface area contributed by atoms with E-state index in [4.69, 9.17) is 5.73 Å². The van der Waals surface area contributed by atoms with E-state index in [0.717, 1.165) is 19.5 Å². The fraction of sp³-hybridized carbons (Fsp3) is 0.333. The van der Waals surface area contributed by atoms with Crippen LogP contribution in [-0.4, -0.2) is 6.54 Å². The molecule has 20 heavy (non-hydrogen) atoms. The van der Waals surface area contributed by atoms with Crippen molar-refractivity contribution in [1.29, 1.82) is 0 Å². The summed E-state index contributed by atoms with van der Waals surface area (Å²) in [4.78, 5) is 2.39. The van der Waals surface area contributed by atoms with Crippen molar-refractivity contribution in [3.05, 3.63) is 65.7 Å². The largest absolute Gasteiger partial charge is 0.367 e. The zero-order chi connectivity index (χ0) is 14.4. The minimum Gasteiger partial charge on any atom is -0.367 e. The van der Waals surface area contributed by atoms with Gasteiger partial charge in [-0.15, -0.1) is 0 Å². The molecule has 2 aromatic rings. The highest BCUT2D eigenvalue weighted by atomic mass is 15.1. The van der Waals surface area contributed by atoms with Gasteiger partial charge in [0.15, 0.2) is 0 Å². The van der Waals surface area contributed by atoms with Gasteiger partial charge >= 0.3 is 0 Å². The number of nitrogens with two attached hydrogens (primary N) is 1. The van der Waals surface area contributed by atoms with E-state index in [1.165, 1.54) is 16.8 Å². The molecule has 2 aromatic carbocycles. The summed E-state index contributed by atoms with van der Waals surface area (Å²) in [6, 6.07) is 19.2. The zero-order valence-electron chi connectivity index (χ0n) is 12.4. The quantitative estimate of drug-likeness (QED) is 0.853. The molecule has 106 valence electrons. The van der Waals surface area contributed by atoms with Gasteiger partial charge < -0.3 is 10.6 Å². The van der Waals surface area contributed by atoms with Crippen LogP contribution in [0.25, 0.3) is 0 Å². The predicted octanol–water partition coefficient (Wildman–Crippen LogP) is 4.12. The van der Waals surface area contributed by atoms with Gasteiger partial charge in [0.2, 0.25) is 0 Å². The Morgan fingerprint density at radius 3 is 2.25 bits per heavy atom. The van der Waals surface area contributed by atoms with Crippen molar-refractivity contribution in [2.45, 2.75) is 32.9 Å². The number of benzene rings is 2. The molecule has 0 fully saturated rings. The maximum atomic E-state index is 6.25. The van der Waals surface area contributed by atoms with Gasteiger partial charge in [-0.05, 0) is 30.5 Å². The van der Waals surface area contributed by atoms with Crippen LogP contribution in [0.4, 0.5) is 5.69 Å². The van der Waals surface area contributed by atoms with Gasteiger partial charge in [-0.2, -0.15) is 0 Å². The summed E-state index contributed by atoms with van der Waals surface area (Å²) in [5, 5.41) is 0. The molecule has 0 saturated carbocycles. The molecule has 2 heteroatoms. The van der Waals surface area contributed by atoms with Gasteiger partial charge in [-0.3, -0.25) is 0 Å². The van der Waals surface area contributed by atoms with Crippen molar-refractivity contribution >= 4 is 5.69 Å². The fourth-order valence-corrected chi connectivity index (χ4v) is 2.48. The number of nitrogens with zero attached hydrogens (tertiary/aromatic N) is 1. The summed E-state index contributed by atoms with van der Waals surface area (Å²) < 4.78 is 0. The molecule has 0 aliphatic rings. The smallest absolute Gasteiger partial charge is 0.0429 e. The molecule has 1 atom stereocenters. The van der Waals surface area contributed by atoms with E-state index in [1.54, 1.807) is 0 Å². The molecule has 1 unspecified atom stereocenters. The van der Waals surface area contributed by atoms with Gasteiger partial charge in [0, 0.05) is 24.8 Å². The van der Waals surface area contributed by atoms with Crippen molar-refractivity contribution in [3.63, 3.8) is 0 Å². The Balaban J connectivity index is 2.28. The Labute approximate surface area is 122 Å². The lowest BCUT2D eigenvalue weighted by molar-refractivity contribution is 0.690.